The molecule has 0 radical (unpaired) electrons. The second-order valence-electron chi connectivity index (χ2n) is 18.1. The van der Waals surface area contributed by atoms with Gasteiger partial charge in [-0.15, -0.1) is 0 Å². The number of benzene rings is 2. The molecule has 0 bridgehead atoms. The Kier molecular flexibility index (Phi) is 13.8. The number of hydrogen-bond acceptors (Lipinski definition) is 4. The molecule has 1 aliphatic heterocycles. The summed E-state index contributed by atoms with van der Waals surface area (Å²) in [5.41, 5.74) is 8.21. The van der Waals surface area contributed by atoms with Crippen LogP contribution >= 0.6 is 0 Å². The van der Waals surface area contributed by atoms with Gasteiger partial charge in [0, 0.05) is 23.0 Å². The zero-order valence-corrected chi connectivity index (χ0v) is 32.0. The first-order valence-corrected chi connectivity index (χ1v) is 17.7. The van der Waals surface area contributed by atoms with Gasteiger partial charge in [-0.3, -0.25) is 0 Å². The zero-order chi connectivity index (χ0) is 35.4. The van der Waals surface area contributed by atoms with E-state index in [9.17, 15) is 4.79 Å². The minimum absolute atomic E-state index is 0. The SMILES string of the molecule is C.C=C1OC(C(C)(C)C)c2ccccc21.CC(C)(C)C1CCC1.CC(C)(C)c1ccc2c(c1)CCC2.Cc1oc(=O)oc1CC(C)(C)C. The van der Waals surface area contributed by atoms with Crippen LogP contribution in [0.3, 0.4) is 0 Å². The first kappa shape index (κ1) is 41.2. The Morgan fingerprint density at radius 1 is 0.771 bits per heavy atom. The smallest absolute Gasteiger partial charge is 0.485 e. The molecule has 4 nitrogen and oxygen atoms in total. The number of rotatable bonds is 1. The Morgan fingerprint density at radius 3 is 1.83 bits per heavy atom. The van der Waals surface area contributed by atoms with Crippen molar-refractivity contribution in [1.82, 2.24) is 0 Å². The predicted molar refractivity (Wildman–Crippen MR) is 205 cm³/mol. The van der Waals surface area contributed by atoms with Gasteiger partial charge in [0.1, 0.15) is 23.4 Å². The van der Waals surface area contributed by atoms with Crippen molar-refractivity contribution in [2.24, 2.45) is 22.2 Å². The molecule has 1 unspecified atom stereocenters. The minimum Gasteiger partial charge on any atom is -0.485 e. The van der Waals surface area contributed by atoms with Crippen LogP contribution in [0.1, 0.15) is 162 Å². The average Bonchev–Trinajstić information content (AvgIpc) is 3.58. The van der Waals surface area contributed by atoms with Crippen LogP contribution in [-0.4, -0.2) is 0 Å². The zero-order valence-electron chi connectivity index (χ0n) is 32.0. The van der Waals surface area contributed by atoms with Crippen molar-refractivity contribution in [2.75, 3.05) is 0 Å². The minimum atomic E-state index is -0.605. The summed E-state index contributed by atoms with van der Waals surface area (Å²) in [7, 11) is 0. The van der Waals surface area contributed by atoms with E-state index in [0.717, 1.165) is 23.7 Å². The van der Waals surface area contributed by atoms with E-state index in [4.69, 9.17) is 13.6 Å². The van der Waals surface area contributed by atoms with E-state index in [1.807, 2.05) is 6.07 Å². The molecule has 1 fully saturated rings. The summed E-state index contributed by atoms with van der Waals surface area (Å²) in [5, 5.41) is 0. The monoisotopic (exact) mass is 661 g/mol. The Bertz CT molecular complexity index is 1520. The van der Waals surface area contributed by atoms with Gasteiger partial charge in [0.15, 0.2) is 0 Å². The van der Waals surface area contributed by atoms with E-state index in [1.54, 1.807) is 18.1 Å². The third-order valence-corrected chi connectivity index (χ3v) is 9.41. The molecule has 48 heavy (non-hydrogen) atoms. The lowest BCUT2D eigenvalue weighted by atomic mass is 9.69. The van der Waals surface area contributed by atoms with Gasteiger partial charge in [-0.25, -0.2) is 4.79 Å². The summed E-state index contributed by atoms with van der Waals surface area (Å²) in [4.78, 5) is 10.7. The van der Waals surface area contributed by atoms with Crippen LogP contribution in [-0.2, 0) is 29.4 Å². The molecule has 0 N–H and O–H groups in total. The quantitative estimate of drug-likeness (QED) is 0.261. The highest BCUT2D eigenvalue weighted by Gasteiger charge is 2.35. The molecule has 2 aliphatic carbocycles. The molecular formula is C44H68O4. The van der Waals surface area contributed by atoms with Crippen LogP contribution < -0.4 is 5.82 Å². The van der Waals surface area contributed by atoms with Gasteiger partial charge in [0.2, 0.25) is 0 Å². The molecule has 2 heterocycles. The molecule has 1 aromatic heterocycles. The number of hydrogen-bond donors (Lipinski definition) is 0. The highest BCUT2D eigenvalue weighted by molar-refractivity contribution is 5.65. The normalized spacial score (nSPS) is 17.1. The molecule has 268 valence electrons. The van der Waals surface area contributed by atoms with E-state index in [1.165, 1.54) is 49.7 Å². The van der Waals surface area contributed by atoms with Crippen molar-refractivity contribution in [2.45, 2.75) is 154 Å². The lowest BCUT2D eigenvalue weighted by Gasteiger charge is -2.37. The summed E-state index contributed by atoms with van der Waals surface area (Å²) in [6.07, 6.45) is 9.23. The van der Waals surface area contributed by atoms with Gasteiger partial charge in [-0.1, -0.05) is 146 Å². The topological polar surface area (TPSA) is 52.6 Å². The maximum absolute atomic E-state index is 10.7. The molecule has 0 spiro atoms. The van der Waals surface area contributed by atoms with Crippen LogP contribution in [0.15, 0.2) is 62.7 Å². The fourth-order valence-electron chi connectivity index (χ4n) is 6.22. The summed E-state index contributed by atoms with van der Waals surface area (Å²) >= 11 is 0. The molecular weight excluding hydrogens is 592 g/mol. The summed E-state index contributed by atoms with van der Waals surface area (Å²) < 4.78 is 15.4. The molecule has 4 heteroatoms. The van der Waals surface area contributed by atoms with E-state index in [-0.39, 0.29) is 24.4 Å². The largest absolute Gasteiger partial charge is 0.519 e. The van der Waals surface area contributed by atoms with E-state index in [0.29, 0.717) is 22.4 Å². The summed E-state index contributed by atoms with van der Waals surface area (Å²) in [6, 6.07) is 15.3. The summed E-state index contributed by atoms with van der Waals surface area (Å²) in [5.74, 6) is 2.48. The molecule has 6 rings (SSSR count). The van der Waals surface area contributed by atoms with Gasteiger partial charge < -0.3 is 13.6 Å². The first-order valence-electron chi connectivity index (χ1n) is 17.7. The van der Waals surface area contributed by atoms with Gasteiger partial charge >= 0.3 is 5.82 Å². The fourth-order valence-corrected chi connectivity index (χ4v) is 6.22. The molecule has 2 aromatic carbocycles. The van der Waals surface area contributed by atoms with Crippen molar-refractivity contribution in [3.8, 4) is 0 Å². The standard InChI is InChI=1S/C13H16O.C13H18.C9H14O3.C8H16.CH4/c1-9-10-7-5-6-8-11(10)12(14-9)13(2,3)4;1-13(2,3)12-8-7-10-5-4-6-11(10)9-12;1-6-7(5-9(2,3)4)12-8(10)11-6;1-8(2,3)7-5-4-6-7;/h5-8,12H,1H2,2-4H3;7-9H,4-6H2,1-3H3;5H2,1-4H3;7H,4-6H2,1-3H3;1H4. The number of ether oxygens (including phenoxy) is 1. The van der Waals surface area contributed by atoms with Gasteiger partial charge in [0.05, 0.1) is 0 Å². The maximum atomic E-state index is 10.7. The number of fused-ring (bicyclic) bond motifs is 2. The van der Waals surface area contributed by atoms with Crippen LogP contribution in [0.25, 0.3) is 5.76 Å². The molecule has 1 atom stereocenters. The van der Waals surface area contributed by atoms with Crippen molar-refractivity contribution in [3.63, 3.8) is 0 Å². The van der Waals surface area contributed by atoms with Crippen molar-refractivity contribution in [3.05, 3.63) is 99.0 Å². The second-order valence-corrected chi connectivity index (χ2v) is 18.1. The van der Waals surface area contributed by atoms with Crippen LogP contribution in [0.2, 0.25) is 0 Å². The Hall–Kier alpha value is -3.01. The highest BCUT2D eigenvalue weighted by Crippen LogP contribution is 2.46. The van der Waals surface area contributed by atoms with Crippen molar-refractivity contribution in [1.29, 1.82) is 0 Å². The summed E-state index contributed by atoms with van der Waals surface area (Å²) in [6.45, 7) is 32.4. The molecule has 3 aromatic rings. The van der Waals surface area contributed by atoms with E-state index < -0.39 is 5.82 Å². The van der Waals surface area contributed by atoms with E-state index in [2.05, 4.69) is 126 Å². The molecule has 0 saturated heterocycles. The first-order chi connectivity index (χ1) is 21.6. The molecule has 0 amide bonds. The lowest BCUT2D eigenvalue weighted by Crippen LogP contribution is -2.26. The third kappa shape index (κ3) is 11.8. The van der Waals surface area contributed by atoms with E-state index >= 15 is 0 Å². The molecule has 3 aliphatic rings. The van der Waals surface area contributed by atoms with Gasteiger partial charge in [-0.2, -0.15) is 0 Å². The maximum Gasteiger partial charge on any atom is 0.519 e. The van der Waals surface area contributed by atoms with Crippen LogP contribution in [0.4, 0.5) is 0 Å². The average molecular weight is 661 g/mol. The van der Waals surface area contributed by atoms with Crippen LogP contribution in [0.5, 0.6) is 0 Å². The van der Waals surface area contributed by atoms with Gasteiger partial charge in [-0.05, 0) is 77.9 Å². The highest BCUT2D eigenvalue weighted by atomic mass is 16.6. The Morgan fingerprint density at radius 2 is 1.38 bits per heavy atom. The fraction of sp³-hybridized carbons (Fsp3) is 0.614. The van der Waals surface area contributed by atoms with Gasteiger partial charge in [0.25, 0.3) is 0 Å². The Labute approximate surface area is 293 Å². The Balaban J connectivity index is 0.000000225. The molecule has 1 saturated carbocycles. The predicted octanol–water partition coefficient (Wildman–Crippen LogP) is 12.8. The third-order valence-electron chi connectivity index (χ3n) is 9.41. The van der Waals surface area contributed by atoms with Crippen molar-refractivity contribution >= 4 is 5.76 Å². The second kappa shape index (κ2) is 16.1. The lowest BCUT2D eigenvalue weighted by molar-refractivity contribution is 0.0751. The van der Waals surface area contributed by atoms with Crippen LogP contribution in [0, 0.1) is 29.1 Å². The number of aryl methyl sites for hydroxylation is 3. The van der Waals surface area contributed by atoms with Crippen molar-refractivity contribution < 1.29 is 13.6 Å².